The molecule has 1 heterocycles. The van der Waals surface area contributed by atoms with E-state index in [2.05, 4.69) is 16.0 Å². The molecule has 4 N–H and O–H groups in total. The Labute approximate surface area is 176 Å². The van der Waals surface area contributed by atoms with Crippen LogP contribution in [0.2, 0.25) is 0 Å². The zero-order valence-electron chi connectivity index (χ0n) is 17.2. The number of amides is 3. The second-order valence-electron chi connectivity index (χ2n) is 7.51. The molecule has 2 rings (SSSR count). The molecule has 3 amide bonds. The fraction of sp³-hybridized carbons (Fsp3) is 0.524. The molecule has 0 spiro atoms. The molecule has 0 aromatic heterocycles. The molecule has 0 radical (unpaired) electrons. The normalized spacial score (nSPS) is 23.7. The molecule has 1 fully saturated rings. The molecule has 1 saturated heterocycles. The Morgan fingerprint density at radius 3 is 2.67 bits per heavy atom. The molecule has 164 valence electrons. The number of aryl methyl sites for hydroxylation is 1. The fourth-order valence-electron chi connectivity index (χ4n) is 3.35. The summed E-state index contributed by atoms with van der Waals surface area (Å²) < 4.78 is 0. The van der Waals surface area contributed by atoms with Gasteiger partial charge in [-0.3, -0.25) is 19.2 Å². The van der Waals surface area contributed by atoms with Crippen molar-refractivity contribution in [2.75, 3.05) is 20.1 Å². The summed E-state index contributed by atoms with van der Waals surface area (Å²) in [6.07, 6.45) is 2.05. The van der Waals surface area contributed by atoms with E-state index in [1.165, 1.54) is 4.90 Å². The molecule has 0 bridgehead atoms. The number of carbonyl (C=O) groups excluding carboxylic acids is 3. The van der Waals surface area contributed by atoms with Gasteiger partial charge in [-0.05, 0) is 31.2 Å². The first-order chi connectivity index (χ1) is 14.4. The van der Waals surface area contributed by atoms with Crippen molar-refractivity contribution in [2.45, 2.75) is 44.3 Å². The van der Waals surface area contributed by atoms with Crippen molar-refractivity contribution in [3.8, 4) is 0 Å². The Kier molecular flexibility index (Phi) is 9.27. The van der Waals surface area contributed by atoms with Gasteiger partial charge in [0.25, 0.3) is 0 Å². The quantitative estimate of drug-likeness (QED) is 0.486. The third kappa shape index (κ3) is 7.47. The van der Waals surface area contributed by atoms with Crippen LogP contribution in [0.5, 0.6) is 0 Å². The summed E-state index contributed by atoms with van der Waals surface area (Å²) in [6, 6.07) is 9.02. The maximum atomic E-state index is 13.0. The minimum absolute atomic E-state index is 0.0101. The molecule has 0 saturated carbocycles. The van der Waals surface area contributed by atoms with Crippen LogP contribution in [0.1, 0.15) is 31.2 Å². The van der Waals surface area contributed by atoms with Gasteiger partial charge in [-0.2, -0.15) is 0 Å². The van der Waals surface area contributed by atoms with Gasteiger partial charge in [0.2, 0.25) is 18.2 Å². The van der Waals surface area contributed by atoms with Crippen molar-refractivity contribution in [3.05, 3.63) is 35.9 Å². The Balaban J connectivity index is 2.17. The lowest BCUT2D eigenvalue weighted by Crippen LogP contribution is -2.53. The van der Waals surface area contributed by atoms with Gasteiger partial charge in [0.1, 0.15) is 6.17 Å². The average molecular weight is 418 g/mol. The largest absolute Gasteiger partial charge is 0.481 e. The Bertz CT molecular complexity index is 727. The number of benzene rings is 1. The molecule has 9 nitrogen and oxygen atoms in total. The Hall–Kier alpha value is -2.94. The molecule has 1 aliphatic rings. The van der Waals surface area contributed by atoms with E-state index in [4.69, 9.17) is 0 Å². The van der Waals surface area contributed by atoms with E-state index in [9.17, 15) is 24.3 Å². The van der Waals surface area contributed by atoms with Gasteiger partial charge in [0.15, 0.2) is 0 Å². The van der Waals surface area contributed by atoms with E-state index < -0.39 is 24.1 Å². The summed E-state index contributed by atoms with van der Waals surface area (Å²) in [5, 5.41) is 18.1. The van der Waals surface area contributed by atoms with Crippen LogP contribution in [0.15, 0.2) is 30.3 Å². The van der Waals surface area contributed by atoms with Crippen molar-refractivity contribution in [1.29, 1.82) is 0 Å². The van der Waals surface area contributed by atoms with Crippen LogP contribution in [0.3, 0.4) is 0 Å². The molecule has 9 heteroatoms. The molecule has 0 unspecified atom stereocenters. The van der Waals surface area contributed by atoms with Crippen molar-refractivity contribution in [3.63, 3.8) is 0 Å². The summed E-state index contributed by atoms with van der Waals surface area (Å²) in [5.74, 6) is -2.67. The van der Waals surface area contributed by atoms with E-state index in [0.717, 1.165) is 5.56 Å². The van der Waals surface area contributed by atoms with Gasteiger partial charge < -0.3 is 26.0 Å². The Morgan fingerprint density at radius 1 is 1.27 bits per heavy atom. The summed E-state index contributed by atoms with van der Waals surface area (Å²) >= 11 is 0. The predicted molar refractivity (Wildman–Crippen MR) is 110 cm³/mol. The number of aliphatic carboxylic acids is 1. The van der Waals surface area contributed by atoms with E-state index >= 15 is 0 Å². The number of nitrogens with one attached hydrogen (secondary N) is 3. The summed E-state index contributed by atoms with van der Waals surface area (Å²) in [7, 11) is 1.58. The number of rotatable bonds is 6. The van der Waals surface area contributed by atoms with Gasteiger partial charge in [0.05, 0.1) is 12.0 Å². The van der Waals surface area contributed by atoms with Gasteiger partial charge in [-0.15, -0.1) is 0 Å². The van der Waals surface area contributed by atoms with E-state index in [1.54, 1.807) is 7.05 Å². The minimum atomic E-state index is -1.09. The van der Waals surface area contributed by atoms with Gasteiger partial charge in [0, 0.05) is 26.6 Å². The molecule has 1 aliphatic heterocycles. The zero-order valence-corrected chi connectivity index (χ0v) is 17.2. The van der Waals surface area contributed by atoms with Crippen LogP contribution in [0, 0.1) is 5.92 Å². The summed E-state index contributed by atoms with van der Waals surface area (Å²) in [4.78, 5) is 49.2. The van der Waals surface area contributed by atoms with Crippen LogP contribution in [-0.2, 0) is 25.6 Å². The van der Waals surface area contributed by atoms with Crippen LogP contribution in [0.4, 0.5) is 0 Å². The number of hydrogen-bond acceptors (Lipinski definition) is 5. The molecule has 1 aromatic carbocycles. The molecule has 1 aromatic rings. The highest BCUT2D eigenvalue weighted by molar-refractivity contribution is 5.83. The highest BCUT2D eigenvalue weighted by atomic mass is 16.4. The minimum Gasteiger partial charge on any atom is -0.481 e. The topological polar surface area (TPSA) is 128 Å². The summed E-state index contributed by atoms with van der Waals surface area (Å²) in [5.41, 5.74) is 1.06. The van der Waals surface area contributed by atoms with Gasteiger partial charge >= 0.3 is 5.97 Å². The number of hydrogen-bond donors (Lipinski definition) is 4. The first kappa shape index (κ1) is 23.3. The third-order valence-corrected chi connectivity index (χ3v) is 5.22. The third-order valence-electron chi connectivity index (χ3n) is 5.22. The number of carboxylic acids is 1. The van der Waals surface area contributed by atoms with Crippen LogP contribution >= 0.6 is 0 Å². The lowest BCUT2D eigenvalue weighted by atomic mass is 10.0. The van der Waals surface area contributed by atoms with Crippen LogP contribution < -0.4 is 16.0 Å². The van der Waals surface area contributed by atoms with Crippen molar-refractivity contribution >= 4 is 24.2 Å². The smallest absolute Gasteiger partial charge is 0.308 e. The highest BCUT2D eigenvalue weighted by Crippen LogP contribution is 2.10. The van der Waals surface area contributed by atoms with Gasteiger partial charge in [-0.25, -0.2) is 0 Å². The van der Waals surface area contributed by atoms with E-state index in [-0.39, 0.29) is 24.8 Å². The van der Waals surface area contributed by atoms with Crippen LogP contribution in [0.25, 0.3) is 0 Å². The molecule has 3 atom stereocenters. The van der Waals surface area contributed by atoms with Gasteiger partial charge in [-0.1, -0.05) is 30.3 Å². The predicted octanol–water partition coefficient (Wildman–Crippen LogP) is 0.109. The maximum absolute atomic E-state index is 13.0. The second-order valence-corrected chi connectivity index (χ2v) is 7.51. The molecule has 30 heavy (non-hydrogen) atoms. The average Bonchev–Trinajstić information content (AvgIpc) is 2.75. The number of carbonyl (C=O) groups is 4. The first-order valence-electron chi connectivity index (χ1n) is 10.1. The standard InChI is InChI=1S/C21H30N4O5/c1-25(14-26)18-8-5-11-22-19(27)12-16(21(29)30)13-23-17(20(28)24-18)10-9-15-6-3-2-4-7-15/h2-4,6-7,14,16-18,23H,5,8-13H2,1H3,(H,22,27)(H,24,28)(H,29,30)/t16-,17+,18+/m1/s1. The monoisotopic (exact) mass is 418 g/mol. The first-order valence-corrected chi connectivity index (χ1v) is 10.1. The van der Waals surface area contributed by atoms with E-state index in [1.807, 2.05) is 30.3 Å². The van der Waals surface area contributed by atoms with Crippen molar-refractivity contribution < 1.29 is 24.3 Å². The Morgan fingerprint density at radius 2 is 2.00 bits per heavy atom. The van der Waals surface area contributed by atoms with E-state index in [0.29, 0.717) is 38.6 Å². The highest BCUT2D eigenvalue weighted by Gasteiger charge is 2.27. The molecular weight excluding hydrogens is 388 g/mol. The van der Waals surface area contributed by atoms with Crippen LogP contribution in [-0.4, -0.2) is 66.5 Å². The molecular formula is C21H30N4O5. The number of carboxylic acid groups (broad SMARTS) is 1. The number of nitrogens with zero attached hydrogens (tertiary/aromatic N) is 1. The van der Waals surface area contributed by atoms with Crippen molar-refractivity contribution in [2.24, 2.45) is 5.92 Å². The zero-order chi connectivity index (χ0) is 21.9. The SMILES string of the molecule is CN(C=O)[C@H]1CCCNC(=O)C[C@@H](C(=O)O)CN[C@@H](CCc2ccccc2)C(=O)N1. The maximum Gasteiger partial charge on any atom is 0.308 e. The lowest BCUT2D eigenvalue weighted by Gasteiger charge is -2.28. The second kappa shape index (κ2) is 11.9. The summed E-state index contributed by atoms with van der Waals surface area (Å²) in [6.45, 7) is 0.332. The van der Waals surface area contributed by atoms with Crippen molar-refractivity contribution in [1.82, 2.24) is 20.9 Å². The lowest BCUT2D eigenvalue weighted by molar-refractivity contribution is -0.144. The molecule has 0 aliphatic carbocycles. The fourth-order valence-corrected chi connectivity index (χ4v) is 3.35.